The molecule has 11 heteroatoms. The molecule has 0 aromatic carbocycles. The number of rotatable bonds is 5. The molecule has 1 aromatic heterocycles. The molecule has 0 unspecified atom stereocenters. The molecule has 2 heterocycles. The summed E-state index contributed by atoms with van der Waals surface area (Å²) in [6, 6.07) is 1.81. The van der Waals surface area contributed by atoms with Crippen LogP contribution in [0, 0.1) is 33.5 Å². The van der Waals surface area contributed by atoms with Crippen molar-refractivity contribution in [1.29, 1.82) is 0 Å². The number of allylic oxidation sites excluding steroid dienone is 3. The van der Waals surface area contributed by atoms with E-state index in [-0.39, 0.29) is 11.5 Å². The van der Waals surface area contributed by atoms with Gasteiger partial charge < -0.3 is 28.5 Å². The van der Waals surface area contributed by atoms with Crippen LogP contribution in [-0.2, 0) is 42.9 Å². The fourth-order valence-corrected chi connectivity index (χ4v) is 9.75. The SMILES string of the molecule is COC(=O)[C@@]1(C)C(=O)C=C[C@@]2(C)C1=C(O)C(=O)[C@]1(C)[C@@H]2[C@@H](OC(C)=O)[C@H](OC(=O)C(C)C)[C@@]2(C)[C@H](c3ccoc3)C[C@H]3O[C@]321. The molecule has 6 rings (SSSR count). The maximum atomic E-state index is 14.8. The lowest BCUT2D eigenvalue weighted by molar-refractivity contribution is -0.249. The maximum absolute atomic E-state index is 14.8. The predicted molar refractivity (Wildman–Crippen MR) is 151 cm³/mol. The van der Waals surface area contributed by atoms with Gasteiger partial charge in [-0.2, -0.15) is 0 Å². The molecule has 4 aliphatic carbocycles. The first-order valence-electron chi connectivity index (χ1n) is 14.9. The molecule has 44 heavy (non-hydrogen) atoms. The Bertz CT molecular complexity index is 1550. The van der Waals surface area contributed by atoms with Crippen LogP contribution in [0.15, 0.2) is 46.5 Å². The van der Waals surface area contributed by atoms with Crippen LogP contribution in [0.4, 0.5) is 0 Å². The van der Waals surface area contributed by atoms with Crippen LogP contribution in [-0.4, -0.2) is 65.6 Å². The lowest BCUT2D eigenvalue weighted by Gasteiger charge is -2.65. The first-order chi connectivity index (χ1) is 20.5. The summed E-state index contributed by atoms with van der Waals surface area (Å²) in [6.07, 6.45) is 3.48. The summed E-state index contributed by atoms with van der Waals surface area (Å²) in [4.78, 5) is 67.8. The van der Waals surface area contributed by atoms with Gasteiger partial charge in [-0.25, -0.2) is 0 Å². The molecule has 1 spiro atoms. The zero-order chi connectivity index (χ0) is 32.4. The number of hydrogen-bond donors (Lipinski definition) is 1. The minimum Gasteiger partial charge on any atom is -0.504 e. The summed E-state index contributed by atoms with van der Waals surface area (Å²) < 4.78 is 29.5. The van der Waals surface area contributed by atoms with Crippen LogP contribution in [0.2, 0.25) is 0 Å². The first-order valence-corrected chi connectivity index (χ1v) is 14.9. The van der Waals surface area contributed by atoms with E-state index < -0.39 is 92.6 Å². The Morgan fingerprint density at radius 2 is 1.77 bits per heavy atom. The summed E-state index contributed by atoms with van der Waals surface area (Å²) in [5, 5.41) is 11.9. The minimum atomic E-state index is -2.05. The van der Waals surface area contributed by atoms with E-state index in [0.29, 0.717) is 6.42 Å². The molecular formula is C33H38O11. The van der Waals surface area contributed by atoms with Crippen molar-refractivity contribution in [1.82, 2.24) is 0 Å². The number of ketones is 2. The molecule has 5 aliphatic rings. The van der Waals surface area contributed by atoms with Crippen LogP contribution in [0.1, 0.15) is 66.4 Å². The van der Waals surface area contributed by atoms with Crippen LogP contribution in [0.3, 0.4) is 0 Å². The summed E-state index contributed by atoms with van der Waals surface area (Å²) in [5.74, 6) is -6.26. The predicted octanol–water partition coefficient (Wildman–Crippen LogP) is 3.77. The van der Waals surface area contributed by atoms with E-state index in [1.54, 1.807) is 34.0 Å². The Kier molecular flexibility index (Phi) is 6.30. The smallest absolute Gasteiger partial charge is 0.323 e. The molecule has 236 valence electrons. The Morgan fingerprint density at radius 1 is 1.09 bits per heavy atom. The molecule has 11 nitrogen and oxygen atoms in total. The average Bonchev–Trinajstić information content (AvgIpc) is 3.32. The van der Waals surface area contributed by atoms with Crippen molar-refractivity contribution in [2.24, 2.45) is 33.5 Å². The number of hydrogen-bond acceptors (Lipinski definition) is 11. The normalized spacial score (nSPS) is 43.5. The number of aliphatic hydroxyl groups excluding tert-OH is 1. The lowest BCUT2D eigenvalue weighted by Crippen LogP contribution is -2.76. The Balaban J connectivity index is 1.69. The molecular weight excluding hydrogens is 572 g/mol. The number of carbonyl (C=O) groups is 5. The van der Waals surface area contributed by atoms with Crippen LogP contribution in [0.5, 0.6) is 0 Å². The van der Waals surface area contributed by atoms with E-state index in [9.17, 15) is 29.1 Å². The van der Waals surface area contributed by atoms with E-state index in [4.69, 9.17) is 23.4 Å². The fourth-order valence-electron chi connectivity index (χ4n) is 9.75. The molecule has 1 saturated heterocycles. The van der Waals surface area contributed by atoms with Gasteiger partial charge in [-0.15, -0.1) is 0 Å². The third-order valence-electron chi connectivity index (χ3n) is 11.5. The number of furan rings is 1. The molecule has 0 bridgehead atoms. The van der Waals surface area contributed by atoms with Gasteiger partial charge in [0, 0.05) is 35.2 Å². The van der Waals surface area contributed by atoms with Gasteiger partial charge in [0.05, 0.1) is 37.1 Å². The quantitative estimate of drug-likeness (QED) is 0.224. The van der Waals surface area contributed by atoms with Crippen molar-refractivity contribution in [3.8, 4) is 0 Å². The summed E-state index contributed by atoms with van der Waals surface area (Å²) >= 11 is 0. The van der Waals surface area contributed by atoms with E-state index in [2.05, 4.69) is 0 Å². The Morgan fingerprint density at radius 3 is 2.34 bits per heavy atom. The average molecular weight is 611 g/mol. The largest absolute Gasteiger partial charge is 0.504 e. The number of esters is 3. The molecule has 10 atom stereocenters. The van der Waals surface area contributed by atoms with Crippen molar-refractivity contribution in [3.63, 3.8) is 0 Å². The summed E-state index contributed by atoms with van der Waals surface area (Å²) in [5.41, 5.74) is -6.86. The zero-order valence-electron chi connectivity index (χ0n) is 26.1. The second kappa shape index (κ2) is 9.15. The highest BCUT2D eigenvalue weighted by Crippen LogP contribution is 2.82. The lowest BCUT2D eigenvalue weighted by atomic mass is 9.38. The van der Waals surface area contributed by atoms with Gasteiger partial charge in [-0.3, -0.25) is 24.0 Å². The number of epoxide rings is 1. The Hall–Kier alpha value is -3.73. The van der Waals surface area contributed by atoms with Crippen molar-refractivity contribution in [3.05, 3.63) is 47.6 Å². The first kappa shape index (κ1) is 30.3. The number of aliphatic hydroxyl groups is 1. The second-order valence-corrected chi connectivity index (χ2v) is 13.9. The third kappa shape index (κ3) is 3.23. The molecule has 0 radical (unpaired) electrons. The van der Waals surface area contributed by atoms with Gasteiger partial charge in [-0.05, 0) is 38.0 Å². The molecule has 0 amide bonds. The van der Waals surface area contributed by atoms with Gasteiger partial charge >= 0.3 is 17.9 Å². The summed E-state index contributed by atoms with van der Waals surface area (Å²) in [6.45, 7) is 11.2. The summed E-state index contributed by atoms with van der Waals surface area (Å²) in [7, 11) is 1.12. The minimum absolute atomic E-state index is 0.149. The van der Waals surface area contributed by atoms with Crippen LogP contribution in [0.25, 0.3) is 0 Å². The highest BCUT2D eigenvalue weighted by atomic mass is 16.6. The van der Waals surface area contributed by atoms with E-state index in [0.717, 1.165) is 12.7 Å². The number of fused-ring (bicyclic) bond motifs is 3. The van der Waals surface area contributed by atoms with Gasteiger partial charge in [-0.1, -0.05) is 33.8 Å². The van der Waals surface area contributed by atoms with Gasteiger partial charge in [0.1, 0.15) is 17.8 Å². The second-order valence-electron chi connectivity index (χ2n) is 13.9. The van der Waals surface area contributed by atoms with Crippen LogP contribution >= 0.6 is 0 Å². The standard InChI is InChI=1S/C33H38O11/c1-15(2)27(38)43-26-22(42-16(3)34)24-29(4)11-9-19(35)30(5,28(39)40-8)23(29)21(36)25(37)32(24,7)33-20(44-33)13-18(31(26,33)6)17-10-12-41-14-17/h9-12,14-15,18,20,22,24,26,36H,13H2,1-8H3/t18-,20+,22+,24+,26-,29-,30-,31+,32-,33+/m0/s1. The van der Waals surface area contributed by atoms with Crippen molar-refractivity contribution in [2.45, 2.75) is 84.7 Å². The number of Topliss-reactive ketones (excluding diaryl/α,β-unsaturated/α-hetero) is 1. The highest BCUT2D eigenvalue weighted by molar-refractivity contribution is 6.15. The van der Waals surface area contributed by atoms with E-state index >= 15 is 0 Å². The van der Waals surface area contributed by atoms with Crippen LogP contribution < -0.4 is 0 Å². The van der Waals surface area contributed by atoms with Crippen molar-refractivity contribution >= 4 is 29.5 Å². The highest BCUT2D eigenvalue weighted by Gasteiger charge is 2.92. The molecule has 1 aromatic rings. The topological polar surface area (TPSA) is 159 Å². The monoisotopic (exact) mass is 610 g/mol. The Labute approximate surface area is 254 Å². The maximum Gasteiger partial charge on any atom is 0.323 e. The van der Waals surface area contributed by atoms with E-state index in [1.165, 1.54) is 32.3 Å². The number of methoxy groups -OCH3 is 1. The van der Waals surface area contributed by atoms with Gasteiger partial charge in [0.2, 0.25) is 5.78 Å². The third-order valence-corrected chi connectivity index (χ3v) is 11.5. The van der Waals surface area contributed by atoms with Gasteiger partial charge in [0.15, 0.2) is 17.0 Å². The van der Waals surface area contributed by atoms with Gasteiger partial charge in [0.25, 0.3) is 0 Å². The number of ether oxygens (including phenoxy) is 4. The molecule has 1 aliphatic heterocycles. The zero-order valence-corrected chi connectivity index (χ0v) is 26.1. The van der Waals surface area contributed by atoms with Crippen molar-refractivity contribution in [2.75, 3.05) is 7.11 Å². The molecule has 2 saturated carbocycles. The number of carbonyl (C=O) groups excluding carboxylic acids is 5. The molecule has 3 fully saturated rings. The van der Waals surface area contributed by atoms with Crippen molar-refractivity contribution < 1.29 is 52.4 Å². The fraction of sp³-hybridized carbons (Fsp3) is 0.606. The molecule has 1 N–H and O–H groups in total. The van der Waals surface area contributed by atoms with E-state index in [1.807, 2.05) is 13.0 Å².